The van der Waals surface area contributed by atoms with Gasteiger partial charge in [-0.15, -0.1) is 0 Å². The molecule has 4 heteroatoms. The highest BCUT2D eigenvalue weighted by Gasteiger charge is 2.24. The molecular formula is C22H28N2O2. The number of nitrogens with zero attached hydrogens (tertiary/aromatic N) is 2. The van der Waals surface area contributed by atoms with Crippen LogP contribution in [0.25, 0.3) is 0 Å². The molecule has 1 aliphatic rings. The van der Waals surface area contributed by atoms with Gasteiger partial charge in [0.2, 0.25) is 0 Å². The van der Waals surface area contributed by atoms with Crippen molar-refractivity contribution in [1.29, 1.82) is 0 Å². The molecule has 0 N–H and O–H groups in total. The van der Waals surface area contributed by atoms with Crippen LogP contribution in [-0.4, -0.2) is 45.1 Å². The van der Waals surface area contributed by atoms with Gasteiger partial charge in [0.1, 0.15) is 5.75 Å². The molecule has 1 amide bonds. The number of benzene rings is 2. The lowest BCUT2D eigenvalue weighted by Gasteiger charge is -2.25. The molecule has 3 rings (SSSR count). The molecule has 1 fully saturated rings. The Hall–Kier alpha value is -2.49. The first kappa shape index (κ1) is 18.3. The minimum absolute atomic E-state index is 0.133. The zero-order valence-corrected chi connectivity index (χ0v) is 15.9. The molecule has 1 aliphatic heterocycles. The second-order valence-electron chi connectivity index (χ2n) is 7.16. The molecule has 2 aromatic rings. The Morgan fingerprint density at radius 1 is 1.12 bits per heavy atom. The van der Waals surface area contributed by atoms with E-state index in [0.29, 0.717) is 5.92 Å². The van der Waals surface area contributed by atoms with Crippen LogP contribution in [-0.2, 0) is 0 Å². The minimum Gasteiger partial charge on any atom is -0.497 e. The maximum Gasteiger partial charge on any atom is 0.253 e. The largest absolute Gasteiger partial charge is 0.497 e. The number of amides is 1. The molecule has 0 spiro atoms. The number of hydrogen-bond donors (Lipinski definition) is 0. The molecule has 4 nitrogen and oxygen atoms in total. The van der Waals surface area contributed by atoms with Crippen molar-refractivity contribution in [3.63, 3.8) is 0 Å². The molecule has 0 bridgehead atoms. The third-order valence-electron chi connectivity index (χ3n) is 5.16. The van der Waals surface area contributed by atoms with Gasteiger partial charge in [0, 0.05) is 44.4 Å². The number of rotatable bonds is 4. The molecule has 0 aliphatic carbocycles. The molecule has 26 heavy (non-hydrogen) atoms. The Balaban J connectivity index is 1.78. The summed E-state index contributed by atoms with van der Waals surface area (Å²) in [6, 6.07) is 16.2. The second kappa shape index (κ2) is 8.26. The highest BCUT2D eigenvalue weighted by Crippen LogP contribution is 2.29. The molecule has 1 atom stereocenters. The quantitative estimate of drug-likeness (QED) is 0.828. The van der Waals surface area contributed by atoms with Crippen molar-refractivity contribution in [2.45, 2.75) is 25.2 Å². The summed E-state index contributed by atoms with van der Waals surface area (Å²) in [5.41, 5.74) is 3.11. The number of ether oxygens (including phenoxy) is 1. The summed E-state index contributed by atoms with van der Waals surface area (Å²) < 4.78 is 5.26. The predicted molar refractivity (Wildman–Crippen MR) is 106 cm³/mol. The minimum atomic E-state index is 0.133. The molecule has 1 heterocycles. The molecule has 0 radical (unpaired) electrons. The summed E-state index contributed by atoms with van der Waals surface area (Å²) in [5, 5.41) is 0. The normalized spacial score (nSPS) is 17.5. The summed E-state index contributed by atoms with van der Waals surface area (Å²) >= 11 is 0. The molecule has 0 aromatic heterocycles. The predicted octanol–water partition coefficient (Wildman–Crippen LogP) is 4.17. The average molecular weight is 352 g/mol. The zero-order chi connectivity index (χ0) is 18.5. The average Bonchev–Trinajstić information content (AvgIpc) is 2.94. The van der Waals surface area contributed by atoms with Crippen LogP contribution in [0.1, 0.15) is 41.1 Å². The second-order valence-corrected chi connectivity index (χ2v) is 7.16. The van der Waals surface area contributed by atoms with E-state index in [1.807, 2.05) is 60.3 Å². The number of likely N-dealkylation sites (tertiary alicyclic amines) is 1. The zero-order valence-electron chi connectivity index (χ0n) is 15.9. The maximum atomic E-state index is 13.1. The van der Waals surface area contributed by atoms with E-state index in [1.54, 1.807) is 7.11 Å². The molecule has 2 aromatic carbocycles. The van der Waals surface area contributed by atoms with Gasteiger partial charge in [-0.3, -0.25) is 4.79 Å². The van der Waals surface area contributed by atoms with Crippen molar-refractivity contribution in [1.82, 2.24) is 4.90 Å². The van der Waals surface area contributed by atoms with E-state index >= 15 is 0 Å². The van der Waals surface area contributed by atoms with Crippen molar-refractivity contribution < 1.29 is 9.53 Å². The van der Waals surface area contributed by atoms with Gasteiger partial charge in [-0.05, 0) is 48.7 Å². The summed E-state index contributed by atoms with van der Waals surface area (Å²) in [7, 11) is 5.67. The third kappa shape index (κ3) is 4.18. The first-order chi connectivity index (χ1) is 12.6. The van der Waals surface area contributed by atoms with Gasteiger partial charge >= 0.3 is 0 Å². The number of methoxy groups -OCH3 is 1. The summed E-state index contributed by atoms with van der Waals surface area (Å²) in [6.07, 6.45) is 3.33. The molecule has 138 valence electrons. The lowest BCUT2D eigenvalue weighted by Crippen LogP contribution is -2.34. The highest BCUT2D eigenvalue weighted by molar-refractivity contribution is 5.95. The van der Waals surface area contributed by atoms with Gasteiger partial charge in [0.25, 0.3) is 5.91 Å². The number of hydrogen-bond acceptors (Lipinski definition) is 3. The Bertz CT molecular complexity index is 740. The fourth-order valence-electron chi connectivity index (χ4n) is 3.57. The van der Waals surface area contributed by atoms with Crippen molar-refractivity contribution in [2.75, 3.05) is 39.2 Å². The van der Waals surface area contributed by atoms with E-state index in [1.165, 1.54) is 5.56 Å². The van der Waals surface area contributed by atoms with Crippen LogP contribution in [0.2, 0.25) is 0 Å². The van der Waals surface area contributed by atoms with Crippen LogP contribution < -0.4 is 9.64 Å². The summed E-state index contributed by atoms with van der Waals surface area (Å²) in [4.78, 5) is 17.1. The molecule has 1 saturated heterocycles. The highest BCUT2D eigenvalue weighted by atomic mass is 16.5. The van der Waals surface area contributed by atoms with Gasteiger partial charge < -0.3 is 14.5 Å². The van der Waals surface area contributed by atoms with E-state index in [-0.39, 0.29) is 5.91 Å². The molecule has 0 saturated carbocycles. The fourth-order valence-corrected chi connectivity index (χ4v) is 3.57. The van der Waals surface area contributed by atoms with Gasteiger partial charge in [0.15, 0.2) is 0 Å². The summed E-state index contributed by atoms with van der Waals surface area (Å²) in [6.45, 7) is 1.61. The van der Waals surface area contributed by atoms with Gasteiger partial charge in [0.05, 0.1) is 7.11 Å². The lowest BCUT2D eigenvalue weighted by atomic mass is 9.94. The number of carbonyl (C=O) groups excluding carboxylic acids is 1. The Morgan fingerprint density at radius 3 is 2.58 bits per heavy atom. The molecular weight excluding hydrogens is 324 g/mol. The van der Waals surface area contributed by atoms with Crippen LogP contribution in [0.3, 0.4) is 0 Å². The lowest BCUT2D eigenvalue weighted by molar-refractivity contribution is 0.0754. The van der Waals surface area contributed by atoms with Gasteiger partial charge in [-0.1, -0.05) is 24.6 Å². The van der Waals surface area contributed by atoms with Crippen LogP contribution >= 0.6 is 0 Å². The first-order valence-electron chi connectivity index (χ1n) is 9.29. The standard InChI is InChI=1S/C22H28N2O2/c1-23(2)20-9-6-8-18(15-20)22(25)24-14-5-4-7-19(16-24)17-10-12-21(26-3)13-11-17/h6,8-13,15,19H,4-5,7,14,16H2,1-3H3/t19-/m1/s1. The van der Waals surface area contributed by atoms with Gasteiger partial charge in [-0.2, -0.15) is 0 Å². The van der Waals surface area contributed by atoms with Crippen molar-refractivity contribution in [3.8, 4) is 5.75 Å². The van der Waals surface area contributed by atoms with Crippen molar-refractivity contribution >= 4 is 11.6 Å². The SMILES string of the molecule is COc1ccc([C@@H]2CCCCN(C(=O)c3cccc(N(C)C)c3)C2)cc1. The van der Waals surface area contributed by atoms with E-state index in [4.69, 9.17) is 4.74 Å². The topological polar surface area (TPSA) is 32.8 Å². The van der Waals surface area contributed by atoms with E-state index in [2.05, 4.69) is 12.1 Å². The monoisotopic (exact) mass is 352 g/mol. The maximum absolute atomic E-state index is 13.1. The van der Waals surface area contributed by atoms with E-state index in [0.717, 1.165) is 49.4 Å². The van der Waals surface area contributed by atoms with E-state index in [9.17, 15) is 4.79 Å². The third-order valence-corrected chi connectivity index (χ3v) is 5.16. The Morgan fingerprint density at radius 2 is 1.88 bits per heavy atom. The number of carbonyl (C=O) groups is 1. The van der Waals surface area contributed by atoms with Gasteiger partial charge in [-0.25, -0.2) is 0 Å². The van der Waals surface area contributed by atoms with Crippen LogP contribution in [0.5, 0.6) is 5.75 Å². The van der Waals surface area contributed by atoms with Crippen LogP contribution in [0, 0.1) is 0 Å². The van der Waals surface area contributed by atoms with Crippen molar-refractivity contribution in [2.24, 2.45) is 0 Å². The molecule has 0 unspecified atom stereocenters. The Labute approximate surface area is 156 Å². The van der Waals surface area contributed by atoms with Crippen LogP contribution in [0.15, 0.2) is 48.5 Å². The first-order valence-corrected chi connectivity index (χ1v) is 9.29. The van der Waals surface area contributed by atoms with E-state index < -0.39 is 0 Å². The fraction of sp³-hybridized carbons (Fsp3) is 0.409. The van der Waals surface area contributed by atoms with Crippen LogP contribution in [0.4, 0.5) is 5.69 Å². The number of anilines is 1. The summed E-state index contributed by atoms with van der Waals surface area (Å²) in [5.74, 6) is 1.38. The Kier molecular flexibility index (Phi) is 5.82. The smallest absolute Gasteiger partial charge is 0.253 e. The van der Waals surface area contributed by atoms with Crippen molar-refractivity contribution in [3.05, 3.63) is 59.7 Å².